The van der Waals surface area contributed by atoms with Crippen molar-refractivity contribution in [2.45, 2.75) is 13.5 Å². The van der Waals surface area contributed by atoms with E-state index in [2.05, 4.69) is 19.9 Å². The van der Waals surface area contributed by atoms with Crippen LogP contribution in [0.4, 0.5) is 10.1 Å². The average Bonchev–Trinajstić information content (AvgIpc) is 2.85. The van der Waals surface area contributed by atoms with E-state index < -0.39 is 5.95 Å². The zero-order chi connectivity index (χ0) is 13.9. The molecule has 2 aromatic heterocycles. The first kappa shape index (κ1) is 13.1. The van der Waals surface area contributed by atoms with Crippen LogP contribution in [0.15, 0.2) is 28.9 Å². The minimum absolute atomic E-state index is 0.428. The van der Waals surface area contributed by atoms with Crippen molar-refractivity contribution >= 4 is 5.69 Å². The second kappa shape index (κ2) is 5.58. The van der Waals surface area contributed by atoms with Crippen molar-refractivity contribution < 1.29 is 8.91 Å². The first-order valence-electron chi connectivity index (χ1n) is 6.72. The van der Waals surface area contributed by atoms with Crippen LogP contribution in [-0.2, 0) is 6.54 Å². The number of anilines is 1. The van der Waals surface area contributed by atoms with Gasteiger partial charge in [-0.1, -0.05) is 5.16 Å². The molecule has 0 N–H and O–H groups in total. The fraction of sp³-hybridized carbons (Fsp3) is 0.429. The van der Waals surface area contributed by atoms with Crippen molar-refractivity contribution in [1.82, 2.24) is 15.0 Å². The lowest BCUT2D eigenvalue weighted by atomic mass is 10.2. The standard InChI is InChI=1S/C14H17FN4O/c1-11-8-12(17-20-11)10-18-4-6-19(7-5-18)13-2-3-16-14(15)9-13/h2-3,8-9H,4-7,10H2,1H3. The molecule has 0 amide bonds. The van der Waals surface area contributed by atoms with Gasteiger partial charge in [0.15, 0.2) is 0 Å². The molecule has 0 aromatic carbocycles. The van der Waals surface area contributed by atoms with Gasteiger partial charge in [0.2, 0.25) is 5.95 Å². The van der Waals surface area contributed by atoms with Crippen molar-refractivity contribution in [3.63, 3.8) is 0 Å². The smallest absolute Gasteiger partial charge is 0.214 e. The van der Waals surface area contributed by atoms with Gasteiger partial charge in [-0.3, -0.25) is 4.90 Å². The quantitative estimate of drug-likeness (QED) is 0.800. The molecular formula is C14H17FN4O. The highest BCUT2D eigenvalue weighted by atomic mass is 19.1. The molecule has 1 aliphatic heterocycles. The van der Waals surface area contributed by atoms with Crippen LogP contribution in [0, 0.1) is 12.9 Å². The Labute approximate surface area is 117 Å². The molecule has 106 valence electrons. The first-order chi connectivity index (χ1) is 9.70. The zero-order valence-electron chi connectivity index (χ0n) is 11.4. The Hall–Kier alpha value is -1.95. The van der Waals surface area contributed by atoms with E-state index in [1.54, 1.807) is 0 Å². The van der Waals surface area contributed by atoms with Gasteiger partial charge in [0.1, 0.15) is 5.76 Å². The van der Waals surface area contributed by atoms with E-state index in [-0.39, 0.29) is 0 Å². The molecule has 0 aliphatic carbocycles. The second-order valence-electron chi connectivity index (χ2n) is 5.03. The third-order valence-corrected chi connectivity index (χ3v) is 3.51. The Balaban J connectivity index is 1.57. The molecule has 0 saturated carbocycles. The van der Waals surface area contributed by atoms with E-state index in [1.807, 2.05) is 19.1 Å². The summed E-state index contributed by atoms with van der Waals surface area (Å²) in [5.41, 5.74) is 1.86. The van der Waals surface area contributed by atoms with E-state index >= 15 is 0 Å². The molecule has 1 saturated heterocycles. The fourth-order valence-corrected chi connectivity index (χ4v) is 2.47. The molecule has 0 atom stereocenters. The Morgan fingerprint density at radius 3 is 2.70 bits per heavy atom. The molecule has 0 bridgehead atoms. The summed E-state index contributed by atoms with van der Waals surface area (Å²) >= 11 is 0. The summed E-state index contributed by atoms with van der Waals surface area (Å²) < 4.78 is 18.2. The largest absolute Gasteiger partial charge is 0.369 e. The number of piperazine rings is 1. The van der Waals surface area contributed by atoms with Crippen molar-refractivity contribution in [2.24, 2.45) is 0 Å². The number of nitrogens with zero attached hydrogens (tertiary/aromatic N) is 4. The van der Waals surface area contributed by atoms with Gasteiger partial charge in [-0.15, -0.1) is 0 Å². The van der Waals surface area contributed by atoms with Gasteiger partial charge in [-0.2, -0.15) is 4.39 Å². The minimum Gasteiger partial charge on any atom is -0.369 e. The number of pyridine rings is 1. The maximum Gasteiger partial charge on any atom is 0.214 e. The van der Waals surface area contributed by atoms with Crippen molar-refractivity contribution in [1.29, 1.82) is 0 Å². The zero-order valence-corrected chi connectivity index (χ0v) is 11.4. The summed E-state index contributed by atoms with van der Waals surface area (Å²) in [6.07, 6.45) is 1.51. The van der Waals surface area contributed by atoms with Crippen LogP contribution in [0.1, 0.15) is 11.5 Å². The lowest BCUT2D eigenvalue weighted by molar-refractivity contribution is 0.241. The molecule has 2 aromatic rings. The topological polar surface area (TPSA) is 45.4 Å². The van der Waals surface area contributed by atoms with Crippen LogP contribution >= 0.6 is 0 Å². The lowest BCUT2D eigenvalue weighted by Crippen LogP contribution is -2.46. The molecule has 1 aliphatic rings. The third kappa shape index (κ3) is 2.96. The van der Waals surface area contributed by atoms with Gasteiger partial charge in [0.05, 0.1) is 5.69 Å². The van der Waals surface area contributed by atoms with Gasteiger partial charge in [0, 0.05) is 56.7 Å². The molecule has 1 fully saturated rings. The monoisotopic (exact) mass is 276 g/mol. The third-order valence-electron chi connectivity index (χ3n) is 3.51. The highest BCUT2D eigenvalue weighted by Crippen LogP contribution is 2.17. The van der Waals surface area contributed by atoms with E-state index in [0.717, 1.165) is 49.9 Å². The molecule has 0 unspecified atom stereocenters. The maximum absolute atomic E-state index is 13.1. The van der Waals surface area contributed by atoms with Gasteiger partial charge >= 0.3 is 0 Å². The Kier molecular flexibility index (Phi) is 3.64. The number of hydrogen-bond acceptors (Lipinski definition) is 5. The molecule has 5 nitrogen and oxygen atoms in total. The average molecular weight is 276 g/mol. The summed E-state index contributed by atoms with van der Waals surface area (Å²) in [5.74, 6) is 0.411. The van der Waals surface area contributed by atoms with Gasteiger partial charge in [-0.25, -0.2) is 4.98 Å². The summed E-state index contributed by atoms with van der Waals surface area (Å²) in [6.45, 7) is 6.30. The number of aryl methyl sites for hydroxylation is 1. The van der Waals surface area contributed by atoms with Crippen LogP contribution in [0.2, 0.25) is 0 Å². The molecule has 0 radical (unpaired) electrons. The van der Waals surface area contributed by atoms with Gasteiger partial charge < -0.3 is 9.42 Å². The summed E-state index contributed by atoms with van der Waals surface area (Å²) in [7, 11) is 0. The van der Waals surface area contributed by atoms with E-state index in [9.17, 15) is 4.39 Å². The van der Waals surface area contributed by atoms with E-state index in [4.69, 9.17) is 4.52 Å². The van der Waals surface area contributed by atoms with E-state index in [0.29, 0.717) is 0 Å². The Morgan fingerprint density at radius 2 is 2.05 bits per heavy atom. The first-order valence-corrected chi connectivity index (χ1v) is 6.72. The molecule has 6 heteroatoms. The lowest BCUT2D eigenvalue weighted by Gasteiger charge is -2.35. The van der Waals surface area contributed by atoms with Crippen LogP contribution in [-0.4, -0.2) is 41.2 Å². The predicted octanol–water partition coefficient (Wildman–Crippen LogP) is 1.84. The van der Waals surface area contributed by atoms with E-state index in [1.165, 1.54) is 12.3 Å². The van der Waals surface area contributed by atoms with Crippen molar-refractivity contribution in [3.05, 3.63) is 41.8 Å². The molecule has 20 heavy (non-hydrogen) atoms. The maximum atomic E-state index is 13.1. The van der Waals surface area contributed by atoms with Gasteiger partial charge in [0.25, 0.3) is 0 Å². The van der Waals surface area contributed by atoms with Crippen molar-refractivity contribution in [3.8, 4) is 0 Å². The van der Waals surface area contributed by atoms with Crippen LogP contribution in [0.25, 0.3) is 0 Å². The van der Waals surface area contributed by atoms with Crippen LogP contribution < -0.4 is 4.90 Å². The van der Waals surface area contributed by atoms with Gasteiger partial charge in [-0.05, 0) is 13.0 Å². The SMILES string of the molecule is Cc1cc(CN2CCN(c3ccnc(F)c3)CC2)no1. The summed E-state index contributed by atoms with van der Waals surface area (Å²) in [6, 6.07) is 5.29. The molecule has 0 spiro atoms. The summed E-state index contributed by atoms with van der Waals surface area (Å²) in [5, 5.41) is 4.01. The summed E-state index contributed by atoms with van der Waals surface area (Å²) in [4.78, 5) is 8.09. The normalized spacial score (nSPS) is 16.6. The molecular weight excluding hydrogens is 259 g/mol. The highest BCUT2D eigenvalue weighted by molar-refractivity contribution is 5.45. The Bertz CT molecular complexity index is 578. The second-order valence-corrected chi connectivity index (χ2v) is 5.03. The molecule has 3 rings (SSSR count). The number of halogens is 1. The Morgan fingerprint density at radius 1 is 1.25 bits per heavy atom. The number of aromatic nitrogens is 2. The number of hydrogen-bond donors (Lipinski definition) is 0. The van der Waals surface area contributed by atoms with Crippen molar-refractivity contribution in [2.75, 3.05) is 31.1 Å². The minimum atomic E-state index is -0.428. The molecule has 3 heterocycles. The highest BCUT2D eigenvalue weighted by Gasteiger charge is 2.18. The fourth-order valence-electron chi connectivity index (χ4n) is 2.47. The number of rotatable bonds is 3. The van der Waals surface area contributed by atoms with Crippen LogP contribution in [0.3, 0.4) is 0 Å². The van der Waals surface area contributed by atoms with Crippen LogP contribution in [0.5, 0.6) is 0 Å². The predicted molar refractivity (Wildman–Crippen MR) is 72.9 cm³/mol.